The second kappa shape index (κ2) is 3.07. The molecule has 3 rings (SSSR count). The van der Waals surface area contributed by atoms with E-state index in [0.29, 0.717) is 12.0 Å². The van der Waals surface area contributed by atoms with Crippen molar-refractivity contribution in [2.24, 2.45) is 17.6 Å². The fourth-order valence-corrected chi connectivity index (χ4v) is 4.07. The minimum atomic E-state index is 0.330. The van der Waals surface area contributed by atoms with Crippen molar-refractivity contribution in [3.63, 3.8) is 0 Å². The number of thiophene rings is 1. The van der Waals surface area contributed by atoms with E-state index in [4.69, 9.17) is 5.73 Å². The molecule has 0 bridgehead atoms. The highest BCUT2D eigenvalue weighted by atomic mass is 32.1. The predicted octanol–water partition coefficient (Wildman–Crippen LogP) is 2.76. The standard InChI is InChI=1S/C12H17NS/c1-7(13)12-9-4-5-14-11(9)3-2-8-6-10(8)12/h4-5,7-8,10,12H,2-3,6,13H2,1H3/t7-,8+,10?,12-/m1/s1. The van der Waals surface area contributed by atoms with Gasteiger partial charge in [0.1, 0.15) is 0 Å². The van der Waals surface area contributed by atoms with Crippen LogP contribution in [0.4, 0.5) is 0 Å². The molecule has 0 aliphatic heterocycles. The Hall–Kier alpha value is -0.340. The van der Waals surface area contributed by atoms with Gasteiger partial charge in [0, 0.05) is 16.8 Å². The van der Waals surface area contributed by atoms with Crippen LogP contribution in [0.25, 0.3) is 0 Å². The number of rotatable bonds is 1. The Morgan fingerprint density at radius 3 is 3.21 bits per heavy atom. The van der Waals surface area contributed by atoms with Crippen molar-refractivity contribution < 1.29 is 0 Å². The Kier molecular flexibility index (Phi) is 1.96. The average Bonchev–Trinajstić information content (AvgIpc) is 2.76. The first kappa shape index (κ1) is 8.93. The molecule has 76 valence electrons. The molecule has 1 fully saturated rings. The molecule has 0 saturated heterocycles. The topological polar surface area (TPSA) is 26.0 Å². The van der Waals surface area contributed by atoms with Crippen molar-refractivity contribution >= 4 is 11.3 Å². The van der Waals surface area contributed by atoms with Gasteiger partial charge in [0.05, 0.1) is 0 Å². The molecule has 1 heterocycles. The summed E-state index contributed by atoms with van der Waals surface area (Å²) in [5.41, 5.74) is 7.71. The van der Waals surface area contributed by atoms with Crippen LogP contribution in [0, 0.1) is 11.8 Å². The minimum absolute atomic E-state index is 0.330. The quantitative estimate of drug-likeness (QED) is 0.753. The van der Waals surface area contributed by atoms with E-state index in [9.17, 15) is 0 Å². The molecule has 2 aliphatic rings. The Morgan fingerprint density at radius 1 is 1.57 bits per heavy atom. The number of nitrogens with two attached hydrogens (primary N) is 1. The molecule has 0 radical (unpaired) electrons. The van der Waals surface area contributed by atoms with E-state index in [1.807, 2.05) is 11.3 Å². The SMILES string of the molecule is C[C@@H](N)[C@@H]1c2ccsc2CC[C@H]2CC21. The van der Waals surface area contributed by atoms with Crippen LogP contribution in [0.5, 0.6) is 0 Å². The molecule has 1 saturated carbocycles. The summed E-state index contributed by atoms with van der Waals surface area (Å²) in [6, 6.07) is 2.64. The molecule has 2 aliphatic carbocycles. The van der Waals surface area contributed by atoms with Gasteiger partial charge < -0.3 is 5.73 Å². The maximum absolute atomic E-state index is 6.13. The number of fused-ring (bicyclic) bond motifs is 2. The van der Waals surface area contributed by atoms with Gasteiger partial charge in [-0.05, 0) is 55.0 Å². The number of hydrogen-bond donors (Lipinski definition) is 1. The van der Waals surface area contributed by atoms with Gasteiger partial charge >= 0.3 is 0 Å². The summed E-state index contributed by atoms with van der Waals surface area (Å²) in [6.45, 7) is 2.17. The van der Waals surface area contributed by atoms with Crippen molar-refractivity contribution in [3.05, 3.63) is 21.9 Å². The molecular weight excluding hydrogens is 190 g/mol. The van der Waals surface area contributed by atoms with Crippen molar-refractivity contribution in [1.82, 2.24) is 0 Å². The van der Waals surface area contributed by atoms with E-state index in [1.54, 1.807) is 10.4 Å². The van der Waals surface area contributed by atoms with Crippen molar-refractivity contribution in [1.29, 1.82) is 0 Å². The van der Waals surface area contributed by atoms with Crippen LogP contribution in [0.15, 0.2) is 11.4 Å². The zero-order chi connectivity index (χ0) is 9.71. The molecular formula is C12H17NS. The molecule has 1 aromatic rings. The predicted molar refractivity (Wildman–Crippen MR) is 60.6 cm³/mol. The Labute approximate surface area is 89.3 Å². The molecule has 1 unspecified atom stereocenters. The van der Waals surface area contributed by atoms with Crippen LogP contribution in [0.2, 0.25) is 0 Å². The summed E-state index contributed by atoms with van der Waals surface area (Å²) in [5.74, 6) is 2.56. The lowest BCUT2D eigenvalue weighted by molar-refractivity contribution is 0.487. The van der Waals surface area contributed by atoms with Gasteiger partial charge in [0.25, 0.3) is 0 Å². The smallest absolute Gasteiger partial charge is 0.00824 e. The number of hydrogen-bond acceptors (Lipinski definition) is 2. The van der Waals surface area contributed by atoms with Gasteiger partial charge in [-0.25, -0.2) is 0 Å². The van der Waals surface area contributed by atoms with Crippen LogP contribution in [-0.2, 0) is 6.42 Å². The first-order valence-electron chi connectivity index (χ1n) is 5.59. The van der Waals surface area contributed by atoms with E-state index in [-0.39, 0.29) is 0 Å². The lowest BCUT2D eigenvalue weighted by Gasteiger charge is -2.20. The van der Waals surface area contributed by atoms with Crippen molar-refractivity contribution in [2.45, 2.75) is 38.1 Å². The zero-order valence-corrected chi connectivity index (χ0v) is 9.39. The number of aryl methyl sites for hydroxylation is 1. The summed E-state index contributed by atoms with van der Waals surface area (Å²) in [4.78, 5) is 1.61. The minimum Gasteiger partial charge on any atom is -0.327 e. The Bertz CT molecular complexity index is 342. The molecule has 14 heavy (non-hydrogen) atoms. The molecule has 1 aromatic heterocycles. The molecule has 4 atom stereocenters. The van der Waals surface area contributed by atoms with E-state index in [1.165, 1.54) is 19.3 Å². The van der Waals surface area contributed by atoms with Gasteiger partial charge in [0.2, 0.25) is 0 Å². The van der Waals surface area contributed by atoms with E-state index in [0.717, 1.165) is 11.8 Å². The van der Waals surface area contributed by atoms with Crippen LogP contribution in [-0.4, -0.2) is 6.04 Å². The second-order valence-electron chi connectivity index (χ2n) is 4.88. The first-order valence-corrected chi connectivity index (χ1v) is 6.47. The second-order valence-corrected chi connectivity index (χ2v) is 5.88. The van der Waals surface area contributed by atoms with E-state index >= 15 is 0 Å². The largest absolute Gasteiger partial charge is 0.327 e. The molecule has 0 spiro atoms. The highest BCUT2D eigenvalue weighted by Crippen LogP contribution is 2.55. The zero-order valence-electron chi connectivity index (χ0n) is 8.57. The van der Waals surface area contributed by atoms with Crippen LogP contribution >= 0.6 is 11.3 Å². The van der Waals surface area contributed by atoms with Crippen molar-refractivity contribution in [3.8, 4) is 0 Å². The Morgan fingerprint density at radius 2 is 2.43 bits per heavy atom. The summed E-state index contributed by atoms with van der Waals surface area (Å²) >= 11 is 1.93. The van der Waals surface area contributed by atoms with Gasteiger partial charge in [-0.1, -0.05) is 0 Å². The van der Waals surface area contributed by atoms with Crippen molar-refractivity contribution in [2.75, 3.05) is 0 Å². The summed E-state index contributed by atoms with van der Waals surface area (Å²) < 4.78 is 0. The average molecular weight is 207 g/mol. The van der Waals surface area contributed by atoms with Crippen LogP contribution < -0.4 is 5.73 Å². The third-order valence-electron chi connectivity index (χ3n) is 3.89. The lowest BCUT2D eigenvalue weighted by Crippen LogP contribution is -2.26. The molecule has 2 heteroatoms. The third kappa shape index (κ3) is 1.24. The van der Waals surface area contributed by atoms with Crippen LogP contribution in [0.1, 0.15) is 36.1 Å². The maximum atomic E-state index is 6.13. The van der Waals surface area contributed by atoms with Gasteiger partial charge in [-0.2, -0.15) is 0 Å². The molecule has 0 amide bonds. The van der Waals surface area contributed by atoms with Crippen LogP contribution in [0.3, 0.4) is 0 Å². The monoisotopic (exact) mass is 207 g/mol. The summed E-state index contributed by atoms with van der Waals surface area (Å²) in [7, 11) is 0. The fraction of sp³-hybridized carbons (Fsp3) is 0.667. The maximum Gasteiger partial charge on any atom is 0.00824 e. The normalized spacial score (nSPS) is 36.9. The summed E-state index contributed by atoms with van der Waals surface area (Å²) in [6.07, 6.45) is 4.14. The Balaban J connectivity index is 2.01. The highest BCUT2D eigenvalue weighted by Gasteiger charge is 2.46. The molecule has 1 nitrogen and oxygen atoms in total. The van der Waals surface area contributed by atoms with Gasteiger partial charge in [-0.15, -0.1) is 11.3 Å². The first-order chi connectivity index (χ1) is 6.77. The van der Waals surface area contributed by atoms with E-state index < -0.39 is 0 Å². The molecule has 0 aromatic carbocycles. The lowest BCUT2D eigenvalue weighted by atomic mass is 9.89. The fourth-order valence-electron chi connectivity index (χ4n) is 3.11. The van der Waals surface area contributed by atoms with E-state index in [2.05, 4.69) is 18.4 Å². The van der Waals surface area contributed by atoms with Gasteiger partial charge in [0.15, 0.2) is 0 Å². The summed E-state index contributed by atoms with van der Waals surface area (Å²) in [5, 5.41) is 2.24. The highest BCUT2D eigenvalue weighted by molar-refractivity contribution is 7.10. The van der Waals surface area contributed by atoms with Gasteiger partial charge in [-0.3, -0.25) is 0 Å². The third-order valence-corrected chi connectivity index (χ3v) is 4.88. The molecule has 2 N–H and O–H groups in total.